The third-order valence-corrected chi connectivity index (χ3v) is 11.9. The van der Waals surface area contributed by atoms with E-state index in [9.17, 15) is 24.9 Å². The molecular weight excluding hydrogens is 534 g/mol. The molecule has 4 aliphatic carbocycles. The van der Waals surface area contributed by atoms with E-state index in [-0.39, 0.29) is 35.8 Å². The highest BCUT2D eigenvalue weighted by molar-refractivity contribution is 5.95. The van der Waals surface area contributed by atoms with E-state index in [1.165, 1.54) is 0 Å². The third kappa shape index (κ3) is 3.93. The van der Waals surface area contributed by atoms with Gasteiger partial charge in [0.1, 0.15) is 12.3 Å². The standard InChI is InChI=1S/C33H39N3O6/c1-30-12-9-24-25(33(30,41)15-11-23(30)21-16-28(38)42-18-21)10-14-32(40)17-22(37)8-13-31(24,32)19-34-36-29(39)27-7-6-20-4-2-3-5-26(20)35-27/h2-7,16,19,22-25,37,40-41H,8-15,17-18H2,1H3,(H,36,39)/t22-,23?,24+,25-,30?,31?,32?,33?/m1/s1. The Labute approximate surface area is 245 Å². The zero-order valence-corrected chi connectivity index (χ0v) is 24.0. The fourth-order valence-corrected chi connectivity index (χ4v) is 9.82. The highest BCUT2D eigenvalue weighted by atomic mass is 16.5. The van der Waals surface area contributed by atoms with Crippen molar-refractivity contribution in [3.05, 3.63) is 53.7 Å². The first-order valence-electron chi connectivity index (χ1n) is 15.3. The molecule has 4 fully saturated rings. The summed E-state index contributed by atoms with van der Waals surface area (Å²) in [5, 5.41) is 40.7. The molecule has 1 aliphatic heterocycles. The second-order valence-electron chi connectivity index (χ2n) is 13.6. The van der Waals surface area contributed by atoms with E-state index in [1.807, 2.05) is 30.3 Å². The number of amides is 1. The van der Waals surface area contributed by atoms with Crippen molar-refractivity contribution in [2.24, 2.45) is 33.7 Å². The molecule has 9 nitrogen and oxygen atoms in total. The van der Waals surface area contributed by atoms with Gasteiger partial charge in [-0.15, -0.1) is 0 Å². The molecule has 1 aromatic carbocycles. The lowest BCUT2D eigenvalue weighted by molar-refractivity contribution is -0.237. The average molecular weight is 574 g/mol. The van der Waals surface area contributed by atoms with Crippen LogP contribution in [-0.4, -0.2) is 62.3 Å². The maximum absolute atomic E-state index is 13.1. The predicted molar refractivity (Wildman–Crippen MR) is 155 cm³/mol. The summed E-state index contributed by atoms with van der Waals surface area (Å²) in [6.45, 7) is 2.46. The van der Waals surface area contributed by atoms with Crippen LogP contribution < -0.4 is 5.43 Å². The van der Waals surface area contributed by atoms with Crippen molar-refractivity contribution < 1.29 is 29.6 Å². The number of carbonyl (C=O) groups excluding carboxylic acids is 2. The van der Waals surface area contributed by atoms with Gasteiger partial charge >= 0.3 is 5.97 Å². The summed E-state index contributed by atoms with van der Waals surface area (Å²) in [4.78, 5) is 29.4. The molecule has 0 spiro atoms. The maximum atomic E-state index is 13.1. The van der Waals surface area contributed by atoms with Gasteiger partial charge in [0.15, 0.2) is 0 Å². The van der Waals surface area contributed by atoms with Gasteiger partial charge in [-0.2, -0.15) is 5.10 Å². The molecule has 2 aromatic rings. The molecule has 1 amide bonds. The van der Waals surface area contributed by atoms with Gasteiger partial charge in [0.2, 0.25) is 0 Å². The van der Waals surface area contributed by atoms with Gasteiger partial charge < -0.3 is 20.1 Å². The minimum absolute atomic E-state index is 0.0715. The smallest absolute Gasteiger partial charge is 0.331 e. The summed E-state index contributed by atoms with van der Waals surface area (Å²) in [5.41, 5.74) is 1.22. The Morgan fingerprint density at radius 1 is 1.05 bits per heavy atom. The van der Waals surface area contributed by atoms with Gasteiger partial charge in [0, 0.05) is 34.9 Å². The number of aromatic nitrogens is 1. The number of aliphatic hydroxyl groups is 3. The number of para-hydroxylation sites is 1. The predicted octanol–water partition coefficient (Wildman–Crippen LogP) is 3.66. The van der Waals surface area contributed by atoms with E-state index >= 15 is 0 Å². The minimum Gasteiger partial charge on any atom is -0.458 e. The molecular formula is C33H39N3O6. The van der Waals surface area contributed by atoms with Crippen molar-refractivity contribution in [1.29, 1.82) is 0 Å². The molecule has 42 heavy (non-hydrogen) atoms. The Bertz CT molecular complexity index is 1510. The second-order valence-corrected chi connectivity index (χ2v) is 13.6. The van der Waals surface area contributed by atoms with Crippen LogP contribution >= 0.6 is 0 Å². The molecule has 0 radical (unpaired) electrons. The molecule has 222 valence electrons. The number of hydrazone groups is 1. The van der Waals surface area contributed by atoms with E-state index in [1.54, 1.807) is 18.4 Å². The number of ether oxygens (including phenoxy) is 1. The lowest BCUT2D eigenvalue weighted by atomic mass is 9.41. The highest BCUT2D eigenvalue weighted by Crippen LogP contribution is 2.70. The van der Waals surface area contributed by atoms with Crippen molar-refractivity contribution in [3.8, 4) is 0 Å². The summed E-state index contributed by atoms with van der Waals surface area (Å²) in [6.07, 6.45) is 8.00. The second kappa shape index (κ2) is 9.69. The summed E-state index contributed by atoms with van der Waals surface area (Å²) >= 11 is 0. The van der Waals surface area contributed by atoms with Crippen LogP contribution in [0.1, 0.15) is 75.2 Å². The van der Waals surface area contributed by atoms with Crippen molar-refractivity contribution in [2.75, 3.05) is 6.61 Å². The van der Waals surface area contributed by atoms with Gasteiger partial charge in [-0.3, -0.25) is 4.79 Å². The van der Waals surface area contributed by atoms with E-state index in [4.69, 9.17) is 4.74 Å². The molecule has 4 saturated carbocycles. The number of rotatable bonds is 4. The summed E-state index contributed by atoms with van der Waals surface area (Å²) in [5.74, 6) is -0.829. The van der Waals surface area contributed by atoms with Crippen molar-refractivity contribution >= 4 is 29.0 Å². The van der Waals surface area contributed by atoms with Crippen molar-refractivity contribution in [3.63, 3.8) is 0 Å². The number of esters is 1. The molecule has 0 saturated heterocycles. The number of fused-ring (bicyclic) bond motifs is 6. The zero-order valence-electron chi connectivity index (χ0n) is 24.0. The highest BCUT2D eigenvalue weighted by Gasteiger charge is 2.71. The summed E-state index contributed by atoms with van der Waals surface area (Å²) in [7, 11) is 0. The average Bonchev–Trinajstić information content (AvgIpc) is 3.52. The van der Waals surface area contributed by atoms with E-state index in [2.05, 4.69) is 22.4 Å². The van der Waals surface area contributed by atoms with E-state index in [0.717, 1.165) is 35.7 Å². The largest absolute Gasteiger partial charge is 0.458 e. The Morgan fingerprint density at radius 3 is 2.67 bits per heavy atom. The van der Waals surface area contributed by atoms with Crippen molar-refractivity contribution in [1.82, 2.24) is 10.4 Å². The fourth-order valence-electron chi connectivity index (χ4n) is 9.82. The number of aliphatic hydroxyl groups excluding tert-OH is 1. The van der Waals surface area contributed by atoms with Gasteiger partial charge in [0.25, 0.3) is 5.91 Å². The third-order valence-electron chi connectivity index (χ3n) is 11.9. The molecule has 0 bridgehead atoms. The number of nitrogens with one attached hydrogen (secondary N) is 1. The van der Waals surface area contributed by atoms with E-state index < -0.39 is 34.0 Å². The fraction of sp³-hybridized carbons (Fsp3) is 0.576. The van der Waals surface area contributed by atoms with Crippen LogP contribution in [0.5, 0.6) is 0 Å². The molecule has 1 aromatic heterocycles. The van der Waals surface area contributed by atoms with Gasteiger partial charge in [0.05, 0.1) is 22.8 Å². The number of benzene rings is 1. The van der Waals surface area contributed by atoms with Crippen LogP contribution in [-0.2, 0) is 9.53 Å². The minimum atomic E-state index is -1.20. The van der Waals surface area contributed by atoms with Crippen LogP contribution in [0.3, 0.4) is 0 Å². The molecule has 4 N–H and O–H groups in total. The molecule has 8 atom stereocenters. The summed E-state index contributed by atoms with van der Waals surface area (Å²) < 4.78 is 5.24. The number of cyclic esters (lactones) is 1. The lowest BCUT2D eigenvalue weighted by Gasteiger charge is -2.65. The molecule has 7 rings (SSSR count). The molecule has 9 heteroatoms. The van der Waals surface area contributed by atoms with Gasteiger partial charge in [-0.25, -0.2) is 15.2 Å². The lowest BCUT2D eigenvalue weighted by Crippen LogP contribution is -2.68. The topological polar surface area (TPSA) is 141 Å². The number of hydrogen-bond acceptors (Lipinski definition) is 8. The van der Waals surface area contributed by atoms with Crippen LogP contribution in [0.15, 0.2) is 53.1 Å². The van der Waals surface area contributed by atoms with Crippen LogP contribution in [0.2, 0.25) is 0 Å². The Morgan fingerprint density at radius 2 is 1.86 bits per heavy atom. The zero-order chi connectivity index (χ0) is 29.3. The quantitative estimate of drug-likeness (QED) is 0.249. The Balaban J connectivity index is 1.19. The number of nitrogens with zero attached hydrogens (tertiary/aromatic N) is 2. The van der Waals surface area contributed by atoms with Crippen LogP contribution in [0, 0.1) is 28.6 Å². The van der Waals surface area contributed by atoms with Gasteiger partial charge in [-0.05, 0) is 86.8 Å². The molecule has 2 heterocycles. The first kappa shape index (κ1) is 27.7. The monoisotopic (exact) mass is 573 g/mol. The Kier molecular flexibility index (Phi) is 6.39. The Hall–Kier alpha value is -3.14. The molecule has 5 unspecified atom stereocenters. The van der Waals surface area contributed by atoms with E-state index in [0.29, 0.717) is 38.7 Å². The SMILES string of the molecule is CC12CC[C@H]3[C@@H](CCC4(O)C[C@H](O)CCC34C=NNC(=O)c3ccc4ccccc4n3)C1(O)CCC2C1=CC(=O)OC1. The summed E-state index contributed by atoms with van der Waals surface area (Å²) in [6, 6.07) is 11.1. The first-order valence-corrected chi connectivity index (χ1v) is 15.3. The number of pyridine rings is 1. The molecule has 5 aliphatic rings. The number of hydrogen-bond donors (Lipinski definition) is 4. The number of carbonyl (C=O) groups is 2. The first-order chi connectivity index (χ1) is 20.1. The normalized spacial score (nSPS) is 41.1. The maximum Gasteiger partial charge on any atom is 0.331 e. The van der Waals surface area contributed by atoms with Gasteiger partial charge in [-0.1, -0.05) is 31.2 Å². The van der Waals surface area contributed by atoms with Crippen LogP contribution in [0.4, 0.5) is 0 Å². The van der Waals surface area contributed by atoms with Crippen LogP contribution in [0.25, 0.3) is 10.9 Å². The van der Waals surface area contributed by atoms with Crippen molar-refractivity contribution in [2.45, 2.75) is 82.0 Å².